The Balaban J connectivity index is 1.69. The first kappa shape index (κ1) is 48.6. The molecule has 1 aromatic rings. The van der Waals surface area contributed by atoms with Crippen molar-refractivity contribution >= 4 is 55.1 Å². The van der Waals surface area contributed by atoms with Crippen LogP contribution in [0, 0.1) is 11.8 Å². The number of amides is 8. The van der Waals surface area contributed by atoms with Crippen molar-refractivity contribution in [2.24, 2.45) is 17.6 Å². The van der Waals surface area contributed by atoms with E-state index in [-0.39, 0.29) is 43.5 Å². The molecular weight excluding hydrogens is 815 g/mol. The Morgan fingerprint density at radius 3 is 2.05 bits per heavy atom. The topological polar surface area (TPSA) is 305 Å². The van der Waals surface area contributed by atoms with E-state index in [1.54, 1.807) is 13.8 Å². The maximum Gasteiger partial charge on any atom is 0.524 e. The number of phosphoric ester groups is 1. The van der Waals surface area contributed by atoms with Gasteiger partial charge < -0.3 is 47.1 Å². The monoisotopic (exact) mass is 876 g/mol. The number of primary amides is 1. The molecule has 61 heavy (non-hydrogen) atoms. The zero-order valence-electron chi connectivity index (χ0n) is 35.0. The Bertz CT molecular complexity index is 1800. The van der Waals surface area contributed by atoms with Crippen molar-refractivity contribution in [3.63, 3.8) is 0 Å². The van der Waals surface area contributed by atoms with E-state index in [4.69, 9.17) is 5.73 Å². The highest BCUT2D eigenvalue weighted by atomic mass is 31.2. The van der Waals surface area contributed by atoms with Gasteiger partial charge in [0.1, 0.15) is 42.0 Å². The third-order valence-corrected chi connectivity index (χ3v) is 11.6. The predicted molar refractivity (Wildman–Crippen MR) is 220 cm³/mol. The van der Waals surface area contributed by atoms with Gasteiger partial charge in [0.05, 0.1) is 6.42 Å². The molecule has 1 aliphatic carbocycles. The van der Waals surface area contributed by atoms with Gasteiger partial charge >= 0.3 is 7.82 Å². The predicted octanol–water partition coefficient (Wildman–Crippen LogP) is -0.0626. The molecule has 3 aliphatic rings. The van der Waals surface area contributed by atoms with Crippen LogP contribution in [-0.4, -0.2) is 111 Å². The van der Waals surface area contributed by atoms with Crippen molar-refractivity contribution in [2.75, 3.05) is 13.1 Å². The Hall–Kier alpha value is -5.07. The third kappa shape index (κ3) is 15.4. The summed E-state index contributed by atoms with van der Waals surface area (Å²) in [5.74, 6) is -6.20. The fourth-order valence-electron chi connectivity index (χ4n) is 8.07. The second kappa shape index (κ2) is 22.7. The maximum atomic E-state index is 14.3. The Labute approximate surface area is 355 Å². The number of carbonyl (C=O) groups is 8. The molecule has 2 aliphatic heterocycles. The number of hydrogen-bond donors (Lipinski definition) is 9. The van der Waals surface area contributed by atoms with Gasteiger partial charge in [-0.3, -0.25) is 48.1 Å². The lowest BCUT2D eigenvalue weighted by atomic mass is 9.84. The number of hydrogen-bond acceptors (Lipinski definition) is 10. The van der Waals surface area contributed by atoms with E-state index in [0.717, 1.165) is 32.1 Å². The maximum absolute atomic E-state index is 14.3. The van der Waals surface area contributed by atoms with E-state index < -0.39 is 97.8 Å². The van der Waals surface area contributed by atoms with Crippen LogP contribution in [0.3, 0.4) is 0 Å². The SMILES string of the molecule is CC(=O)N[C@@H]1CCCCNC(=O)[C@@H]2CCCN2C(=O)[C@H](CC2CCCCC2)NC(=O)[C@H](CC(N)=O)NC(=O)[C@H](C(C)C)NC(=O)[C@H](Cc2ccc(OP(=O)(O)O)cc2)NC1=O. The van der Waals surface area contributed by atoms with E-state index in [2.05, 4.69) is 36.4 Å². The van der Waals surface area contributed by atoms with E-state index >= 15 is 0 Å². The van der Waals surface area contributed by atoms with E-state index in [1.807, 2.05) is 0 Å². The summed E-state index contributed by atoms with van der Waals surface area (Å²) >= 11 is 0. The Morgan fingerprint density at radius 1 is 0.803 bits per heavy atom. The fourth-order valence-corrected chi connectivity index (χ4v) is 8.47. The van der Waals surface area contributed by atoms with Crippen LogP contribution in [0.1, 0.15) is 103 Å². The molecule has 0 aromatic heterocycles. The molecule has 0 bridgehead atoms. The lowest BCUT2D eigenvalue weighted by Crippen LogP contribution is -2.61. The number of nitrogens with one attached hydrogen (secondary N) is 6. The van der Waals surface area contributed by atoms with Gasteiger partial charge in [0.2, 0.25) is 47.3 Å². The molecule has 0 radical (unpaired) electrons. The lowest BCUT2D eigenvalue weighted by molar-refractivity contribution is -0.142. The molecule has 2 heterocycles. The molecule has 3 fully saturated rings. The average molecular weight is 877 g/mol. The minimum Gasteiger partial charge on any atom is -0.404 e. The van der Waals surface area contributed by atoms with Crippen molar-refractivity contribution in [3.8, 4) is 5.75 Å². The van der Waals surface area contributed by atoms with Crippen LogP contribution in [0.15, 0.2) is 24.3 Å². The number of nitrogens with zero attached hydrogens (tertiary/aromatic N) is 1. The van der Waals surface area contributed by atoms with Gasteiger partial charge in [0.25, 0.3) is 0 Å². The van der Waals surface area contributed by atoms with Crippen LogP contribution in [0.4, 0.5) is 0 Å². The molecule has 21 heteroatoms. The summed E-state index contributed by atoms with van der Waals surface area (Å²) in [6.45, 7) is 4.97. The minimum atomic E-state index is -4.87. The highest BCUT2D eigenvalue weighted by Crippen LogP contribution is 2.37. The fraction of sp³-hybridized carbons (Fsp3) is 0.650. The number of rotatable bonds is 10. The van der Waals surface area contributed by atoms with Crippen LogP contribution in [0.5, 0.6) is 5.75 Å². The summed E-state index contributed by atoms with van der Waals surface area (Å²) in [6.07, 6.45) is 5.99. The van der Waals surface area contributed by atoms with Gasteiger partial charge in [0.15, 0.2) is 0 Å². The van der Waals surface area contributed by atoms with Crippen LogP contribution in [0.2, 0.25) is 0 Å². The van der Waals surface area contributed by atoms with Crippen LogP contribution < -0.4 is 42.2 Å². The average Bonchev–Trinajstić information content (AvgIpc) is 3.68. The largest absolute Gasteiger partial charge is 0.524 e. The number of carbonyl (C=O) groups excluding carboxylic acids is 8. The zero-order valence-corrected chi connectivity index (χ0v) is 35.9. The molecule has 8 amide bonds. The molecule has 20 nitrogen and oxygen atoms in total. The first-order valence-corrected chi connectivity index (χ1v) is 22.5. The summed E-state index contributed by atoms with van der Waals surface area (Å²) in [4.78, 5) is 128. The number of nitrogens with two attached hydrogens (primary N) is 1. The first-order valence-electron chi connectivity index (χ1n) is 21.0. The second-order valence-corrected chi connectivity index (χ2v) is 17.6. The summed E-state index contributed by atoms with van der Waals surface area (Å²) < 4.78 is 16.0. The minimum absolute atomic E-state index is 0.113. The van der Waals surface area contributed by atoms with Gasteiger partial charge in [-0.2, -0.15) is 0 Å². The molecule has 1 saturated carbocycles. The van der Waals surface area contributed by atoms with E-state index in [1.165, 1.54) is 36.1 Å². The lowest BCUT2D eigenvalue weighted by Gasteiger charge is -2.33. The number of fused-ring (bicyclic) bond motifs is 1. The van der Waals surface area contributed by atoms with Gasteiger partial charge in [-0.1, -0.05) is 58.1 Å². The molecule has 0 spiro atoms. The van der Waals surface area contributed by atoms with E-state index in [9.17, 15) is 52.7 Å². The van der Waals surface area contributed by atoms with Gasteiger partial charge in [-0.25, -0.2) is 4.57 Å². The first-order chi connectivity index (χ1) is 28.8. The molecule has 4 rings (SSSR count). The second-order valence-electron chi connectivity index (χ2n) is 16.5. The molecule has 1 aromatic carbocycles. The van der Waals surface area contributed by atoms with Crippen molar-refractivity contribution in [1.82, 2.24) is 36.8 Å². The van der Waals surface area contributed by atoms with Crippen LogP contribution >= 0.6 is 7.82 Å². The highest BCUT2D eigenvalue weighted by molar-refractivity contribution is 7.46. The zero-order chi connectivity index (χ0) is 44.9. The highest BCUT2D eigenvalue weighted by Gasteiger charge is 2.40. The van der Waals surface area contributed by atoms with Crippen molar-refractivity contribution in [3.05, 3.63) is 29.8 Å². The molecule has 10 N–H and O–H groups in total. The van der Waals surface area contributed by atoms with Crippen molar-refractivity contribution < 1.29 is 57.2 Å². The third-order valence-electron chi connectivity index (χ3n) is 11.2. The summed E-state index contributed by atoms with van der Waals surface area (Å²) in [5, 5.41) is 16.1. The molecule has 0 unspecified atom stereocenters. The van der Waals surface area contributed by atoms with E-state index in [0.29, 0.717) is 37.7 Å². The summed E-state index contributed by atoms with van der Waals surface area (Å²) in [6, 6.07) is -1.88. The van der Waals surface area contributed by atoms with Crippen LogP contribution in [-0.2, 0) is 49.3 Å². The van der Waals surface area contributed by atoms with Gasteiger partial charge in [-0.05, 0) is 68.1 Å². The molecular formula is C40H61N8O12P. The van der Waals surface area contributed by atoms with Gasteiger partial charge in [0, 0.05) is 26.4 Å². The molecule has 6 atom stereocenters. The summed E-state index contributed by atoms with van der Waals surface area (Å²) in [5.41, 5.74) is 5.95. The van der Waals surface area contributed by atoms with Crippen molar-refractivity contribution in [2.45, 2.75) is 140 Å². The smallest absolute Gasteiger partial charge is 0.404 e. The summed E-state index contributed by atoms with van der Waals surface area (Å²) in [7, 11) is -4.87. The van der Waals surface area contributed by atoms with Gasteiger partial charge in [-0.15, -0.1) is 0 Å². The number of phosphoric acid groups is 1. The Morgan fingerprint density at radius 2 is 1.43 bits per heavy atom. The van der Waals surface area contributed by atoms with Crippen LogP contribution in [0.25, 0.3) is 0 Å². The quantitative estimate of drug-likeness (QED) is 0.140. The standard InChI is InChI=1S/C40H61N8O12P/c1-23(2)34-39(55)45-30(22-33(41)50)36(52)46-31(21-25-10-5-4-6-11-25)40(56)48-19-9-13-32(48)38(54)42-18-8-7-12-28(43-24(3)49)35(51)44-29(37(53)47-34)20-26-14-16-27(17-15-26)60-61(57,58)59/h14-17,23,25,28-32,34H,4-13,18-22H2,1-3H3,(H2,41,50)(H,42,54)(H,43,49)(H,44,51)(H,45,55)(H,46,52)(H,47,53)(H2,57,58,59)/t28-,29+,30+,31+,32+,34+/m1/s1. The molecule has 338 valence electrons. The van der Waals surface area contributed by atoms with Crippen molar-refractivity contribution in [1.29, 1.82) is 0 Å². The number of benzene rings is 1. The normalized spacial score (nSPS) is 26.0. The Kier molecular flexibility index (Phi) is 18.1. The molecule has 2 saturated heterocycles.